The summed E-state index contributed by atoms with van der Waals surface area (Å²) < 4.78 is 5.47. The average molecular weight is 331 g/mol. The van der Waals surface area contributed by atoms with Crippen molar-refractivity contribution in [1.29, 1.82) is 0 Å². The molecule has 6 nitrogen and oxygen atoms in total. The number of nitrogens with one attached hydrogen (secondary N) is 1. The van der Waals surface area contributed by atoms with Gasteiger partial charge in [-0.05, 0) is 37.2 Å². The fraction of sp³-hybridized carbons (Fsp3) is 0.556. The molecule has 1 saturated heterocycles. The largest absolute Gasteiger partial charge is 0.445 e. The molecule has 0 aromatic heterocycles. The molecule has 1 aliphatic heterocycles. The minimum absolute atomic E-state index is 0.0240. The molecular formula is C18H25N3O3. The van der Waals surface area contributed by atoms with Crippen LogP contribution in [0.5, 0.6) is 0 Å². The van der Waals surface area contributed by atoms with Gasteiger partial charge in [0.25, 0.3) is 0 Å². The summed E-state index contributed by atoms with van der Waals surface area (Å²) in [6.45, 7) is 2.46. The molecule has 1 spiro atoms. The Morgan fingerprint density at radius 2 is 2.12 bits per heavy atom. The third-order valence-corrected chi connectivity index (χ3v) is 5.10. The van der Waals surface area contributed by atoms with Crippen molar-refractivity contribution in [2.45, 2.75) is 37.8 Å². The van der Waals surface area contributed by atoms with Crippen LogP contribution >= 0.6 is 0 Å². The Morgan fingerprint density at radius 1 is 1.38 bits per heavy atom. The molecule has 24 heavy (non-hydrogen) atoms. The number of ether oxygens (including phenoxy) is 1. The molecule has 1 amide bonds. The molecule has 1 aromatic carbocycles. The number of hydrogen-bond donors (Lipinski definition) is 2. The summed E-state index contributed by atoms with van der Waals surface area (Å²) in [6.07, 6.45) is 5.30. The molecule has 1 aromatic rings. The summed E-state index contributed by atoms with van der Waals surface area (Å²) in [5.74, 6) is 0.336. The van der Waals surface area contributed by atoms with Crippen LogP contribution in [0.1, 0.15) is 31.2 Å². The second-order valence-corrected chi connectivity index (χ2v) is 6.77. The lowest BCUT2D eigenvalue weighted by Crippen LogP contribution is -2.62. The van der Waals surface area contributed by atoms with E-state index in [4.69, 9.17) is 9.94 Å². The van der Waals surface area contributed by atoms with Crippen LogP contribution < -0.4 is 5.32 Å². The lowest BCUT2D eigenvalue weighted by atomic mass is 9.76. The molecule has 1 aliphatic carbocycles. The Balaban J connectivity index is 1.52. The zero-order chi connectivity index (χ0) is 16.8. The molecule has 0 radical (unpaired) electrons. The molecule has 2 fully saturated rings. The number of benzene rings is 1. The topological polar surface area (TPSA) is 74.2 Å². The van der Waals surface area contributed by atoms with Gasteiger partial charge in [-0.25, -0.2) is 4.79 Å². The number of rotatable bonds is 3. The van der Waals surface area contributed by atoms with Crippen LogP contribution in [0.4, 0.5) is 4.79 Å². The van der Waals surface area contributed by atoms with E-state index in [1.807, 2.05) is 35.2 Å². The van der Waals surface area contributed by atoms with E-state index in [-0.39, 0.29) is 11.6 Å². The molecular weight excluding hydrogens is 306 g/mol. The molecule has 0 atom stereocenters. The summed E-state index contributed by atoms with van der Waals surface area (Å²) >= 11 is 0. The van der Waals surface area contributed by atoms with Gasteiger partial charge >= 0.3 is 6.09 Å². The molecule has 6 heteroatoms. The van der Waals surface area contributed by atoms with Crippen LogP contribution in [-0.2, 0) is 11.3 Å². The molecule has 0 bridgehead atoms. The van der Waals surface area contributed by atoms with E-state index in [0.717, 1.165) is 37.8 Å². The molecule has 2 N–H and O–H groups in total. The maximum absolute atomic E-state index is 12.4. The van der Waals surface area contributed by atoms with E-state index >= 15 is 0 Å². The summed E-state index contributed by atoms with van der Waals surface area (Å²) in [6, 6.07) is 9.74. The maximum atomic E-state index is 12.4. The Morgan fingerprint density at radius 3 is 2.83 bits per heavy atom. The highest BCUT2D eigenvalue weighted by Gasteiger charge is 2.40. The van der Waals surface area contributed by atoms with E-state index in [9.17, 15) is 4.79 Å². The van der Waals surface area contributed by atoms with E-state index < -0.39 is 0 Å². The smallest absolute Gasteiger partial charge is 0.410 e. The summed E-state index contributed by atoms with van der Waals surface area (Å²) in [4.78, 5) is 14.2. The van der Waals surface area contributed by atoms with Crippen molar-refractivity contribution in [3.63, 3.8) is 0 Å². The predicted molar refractivity (Wildman–Crippen MR) is 91.2 cm³/mol. The number of hydrogen-bond acceptors (Lipinski definition) is 5. The van der Waals surface area contributed by atoms with Crippen molar-refractivity contribution in [1.82, 2.24) is 10.2 Å². The van der Waals surface area contributed by atoms with Gasteiger partial charge in [-0.15, -0.1) is 5.16 Å². The van der Waals surface area contributed by atoms with Gasteiger partial charge in [0, 0.05) is 31.4 Å². The second kappa shape index (κ2) is 7.66. The van der Waals surface area contributed by atoms with Crippen LogP contribution in [0.25, 0.3) is 0 Å². The summed E-state index contributed by atoms with van der Waals surface area (Å²) in [5.41, 5.74) is 0.976. The van der Waals surface area contributed by atoms with Crippen molar-refractivity contribution >= 4 is 12.3 Å². The van der Waals surface area contributed by atoms with E-state index in [1.54, 1.807) is 6.21 Å². The van der Waals surface area contributed by atoms with Crippen LogP contribution in [0, 0.1) is 5.92 Å². The van der Waals surface area contributed by atoms with Gasteiger partial charge in [-0.1, -0.05) is 30.3 Å². The molecule has 3 rings (SSSR count). The minimum Gasteiger partial charge on any atom is -0.445 e. The molecule has 1 heterocycles. The second-order valence-electron chi connectivity index (χ2n) is 6.77. The third kappa shape index (κ3) is 4.06. The van der Waals surface area contributed by atoms with Crippen LogP contribution in [0.15, 0.2) is 35.5 Å². The number of carbonyl (C=O) groups excluding carboxylic acids is 1. The Bertz CT molecular complexity index is 568. The van der Waals surface area contributed by atoms with Gasteiger partial charge in [0.05, 0.1) is 0 Å². The predicted octanol–water partition coefficient (Wildman–Crippen LogP) is 2.62. The monoisotopic (exact) mass is 331 g/mol. The van der Waals surface area contributed by atoms with Gasteiger partial charge in [0.2, 0.25) is 0 Å². The van der Waals surface area contributed by atoms with Crippen LogP contribution in [0.3, 0.4) is 0 Å². The van der Waals surface area contributed by atoms with Crippen molar-refractivity contribution < 1.29 is 14.7 Å². The first-order valence-corrected chi connectivity index (χ1v) is 8.59. The van der Waals surface area contributed by atoms with E-state index in [0.29, 0.717) is 25.6 Å². The molecule has 130 valence electrons. The first-order valence-electron chi connectivity index (χ1n) is 8.59. The average Bonchev–Trinajstić information content (AvgIpc) is 2.63. The minimum atomic E-state index is -0.237. The Hall–Kier alpha value is -2.08. The quantitative estimate of drug-likeness (QED) is 0.507. The van der Waals surface area contributed by atoms with Gasteiger partial charge in [-0.3, -0.25) is 0 Å². The lowest BCUT2D eigenvalue weighted by molar-refractivity contribution is 0.0561. The van der Waals surface area contributed by atoms with Crippen molar-refractivity contribution in [3.8, 4) is 0 Å². The van der Waals surface area contributed by atoms with Crippen LogP contribution in [-0.4, -0.2) is 47.6 Å². The van der Waals surface area contributed by atoms with Crippen LogP contribution in [0.2, 0.25) is 0 Å². The first-order chi connectivity index (χ1) is 11.7. The van der Waals surface area contributed by atoms with Crippen molar-refractivity contribution in [3.05, 3.63) is 35.9 Å². The normalized spacial score (nSPS) is 27.5. The standard InChI is InChI=1S/C18H25N3O3/c22-17(24-13-16-4-2-1-3-5-16)21-11-10-19-18(14-21)8-6-15(7-9-18)12-20-23/h1-5,12,15,19,23H,6-11,13-14H2. The van der Waals surface area contributed by atoms with E-state index in [1.165, 1.54) is 0 Å². The zero-order valence-electron chi connectivity index (χ0n) is 13.9. The fourth-order valence-electron chi connectivity index (χ4n) is 3.69. The van der Waals surface area contributed by atoms with Gasteiger partial charge in [0.1, 0.15) is 6.61 Å². The zero-order valence-corrected chi connectivity index (χ0v) is 13.9. The van der Waals surface area contributed by atoms with Gasteiger partial charge in [-0.2, -0.15) is 0 Å². The summed E-state index contributed by atoms with van der Waals surface area (Å²) in [5, 5.41) is 15.4. The highest BCUT2D eigenvalue weighted by molar-refractivity contribution is 5.68. The fourth-order valence-corrected chi connectivity index (χ4v) is 3.69. The van der Waals surface area contributed by atoms with Crippen molar-refractivity contribution in [2.75, 3.05) is 19.6 Å². The third-order valence-electron chi connectivity index (χ3n) is 5.10. The SMILES string of the molecule is O=C(OCc1ccccc1)N1CCNC2(CCC(C=NO)CC2)C1. The van der Waals surface area contributed by atoms with Gasteiger partial charge < -0.3 is 20.2 Å². The first kappa shape index (κ1) is 16.8. The number of amides is 1. The molecule has 0 unspecified atom stereocenters. The number of oxime groups is 1. The molecule has 2 aliphatic rings. The maximum Gasteiger partial charge on any atom is 0.410 e. The number of nitrogens with zero attached hydrogens (tertiary/aromatic N) is 2. The molecule has 1 saturated carbocycles. The van der Waals surface area contributed by atoms with Crippen molar-refractivity contribution in [2.24, 2.45) is 11.1 Å². The Kier molecular flexibility index (Phi) is 5.35. The lowest BCUT2D eigenvalue weighted by Gasteiger charge is -2.46. The van der Waals surface area contributed by atoms with E-state index in [2.05, 4.69) is 10.5 Å². The summed E-state index contributed by atoms with van der Waals surface area (Å²) in [7, 11) is 0. The Labute approximate surface area is 142 Å². The van der Waals surface area contributed by atoms with Gasteiger partial charge in [0.15, 0.2) is 0 Å². The highest BCUT2D eigenvalue weighted by Crippen LogP contribution is 2.33. The number of carbonyl (C=O) groups is 1. The highest BCUT2D eigenvalue weighted by atomic mass is 16.6. The number of piperazine rings is 1.